The van der Waals surface area contributed by atoms with E-state index >= 15 is 0 Å². The minimum absolute atomic E-state index is 0.0622. The van der Waals surface area contributed by atoms with Gasteiger partial charge in [0.1, 0.15) is 5.82 Å². The van der Waals surface area contributed by atoms with Crippen molar-refractivity contribution in [1.29, 1.82) is 0 Å². The molecular formula is C17H26N4O3. The molecule has 0 saturated carbocycles. The Labute approximate surface area is 142 Å². The van der Waals surface area contributed by atoms with Crippen LogP contribution in [0.15, 0.2) is 18.3 Å². The van der Waals surface area contributed by atoms with Gasteiger partial charge in [0.15, 0.2) is 0 Å². The van der Waals surface area contributed by atoms with E-state index in [-0.39, 0.29) is 24.0 Å². The second-order valence-corrected chi connectivity index (χ2v) is 6.16. The number of hydrogen-bond donors (Lipinski definition) is 2. The SMILES string of the molecule is CC(=O)NCCCNC(=O)c1ccc(N2C[C@@H](C)O[C@@H](C)C2)nc1. The Morgan fingerprint density at radius 1 is 1.21 bits per heavy atom. The van der Waals surface area contributed by atoms with Crippen LogP contribution in [0.5, 0.6) is 0 Å². The molecule has 1 aromatic rings. The molecule has 2 heterocycles. The predicted octanol–water partition coefficient (Wildman–Crippen LogP) is 0.951. The molecule has 24 heavy (non-hydrogen) atoms. The number of amides is 2. The zero-order valence-corrected chi connectivity index (χ0v) is 14.5. The van der Waals surface area contributed by atoms with E-state index in [1.165, 1.54) is 6.92 Å². The maximum Gasteiger partial charge on any atom is 0.252 e. The zero-order valence-electron chi connectivity index (χ0n) is 14.5. The highest BCUT2D eigenvalue weighted by atomic mass is 16.5. The third-order valence-corrected chi connectivity index (χ3v) is 3.77. The summed E-state index contributed by atoms with van der Waals surface area (Å²) in [6.45, 7) is 8.23. The number of nitrogens with one attached hydrogen (secondary N) is 2. The Kier molecular flexibility index (Phi) is 6.54. The largest absolute Gasteiger partial charge is 0.372 e. The minimum Gasteiger partial charge on any atom is -0.372 e. The van der Waals surface area contributed by atoms with Crippen molar-refractivity contribution in [2.24, 2.45) is 0 Å². The average Bonchev–Trinajstić information content (AvgIpc) is 2.53. The van der Waals surface area contributed by atoms with Crippen molar-refractivity contribution in [3.05, 3.63) is 23.9 Å². The Balaban J connectivity index is 1.82. The molecule has 0 aliphatic carbocycles. The van der Waals surface area contributed by atoms with Gasteiger partial charge in [0.05, 0.1) is 17.8 Å². The van der Waals surface area contributed by atoms with Crippen molar-refractivity contribution < 1.29 is 14.3 Å². The number of aromatic nitrogens is 1. The molecule has 2 N–H and O–H groups in total. The van der Waals surface area contributed by atoms with Crippen molar-refractivity contribution >= 4 is 17.6 Å². The lowest BCUT2D eigenvalue weighted by Crippen LogP contribution is -2.45. The zero-order chi connectivity index (χ0) is 17.5. The van der Waals surface area contributed by atoms with Gasteiger partial charge in [-0.1, -0.05) is 0 Å². The second kappa shape index (κ2) is 8.63. The smallest absolute Gasteiger partial charge is 0.252 e. The van der Waals surface area contributed by atoms with Crippen LogP contribution >= 0.6 is 0 Å². The fourth-order valence-corrected chi connectivity index (χ4v) is 2.73. The fraction of sp³-hybridized carbons (Fsp3) is 0.588. The Morgan fingerprint density at radius 2 is 1.88 bits per heavy atom. The van der Waals surface area contributed by atoms with E-state index < -0.39 is 0 Å². The molecule has 0 spiro atoms. The predicted molar refractivity (Wildman–Crippen MR) is 92.1 cm³/mol. The molecule has 0 aromatic carbocycles. The Hall–Kier alpha value is -2.15. The molecular weight excluding hydrogens is 308 g/mol. The van der Waals surface area contributed by atoms with Gasteiger partial charge in [-0.3, -0.25) is 9.59 Å². The van der Waals surface area contributed by atoms with E-state index in [2.05, 4.69) is 20.5 Å². The number of carbonyl (C=O) groups is 2. The topological polar surface area (TPSA) is 83.6 Å². The molecule has 7 nitrogen and oxygen atoms in total. The van der Waals surface area contributed by atoms with Crippen LogP contribution in [-0.2, 0) is 9.53 Å². The summed E-state index contributed by atoms with van der Waals surface area (Å²) in [6.07, 6.45) is 2.63. The number of anilines is 1. The first kappa shape index (κ1) is 18.2. The minimum atomic E-state index is -0.152. The molecule has 2 rings (SSSR count). The molecule has 1 aromatic heterocycles. The van der Waals surface area contributed by atoms with Crippen LogP contribution in [0.2, 0.25) is 0 Å². The summed E-state index contributed by atoms with van der Waals surface area (Å²) in [5.41, 5.74) is 0.535. The summed E-state index contributed by atoms with van der Waals surface area (Å²) in [7, 11) is 0. The van der Waals surface area contributed by atoms with Crippen LogP contribution in [0.3, 0.4) is 0 Å². The lowest BCUT2D eigenvalue weighted by Gasteiger charge is -2.36. The van der Waals surface area contributed by atoms with Crippen LogP contribution < -0.4 is 15.5 Å². The molecule has 132 valence electrons. The highest BCUT2D eigenvalue weighted by molar-refractivity contribution is 5.94. The van der Waals surface area contributed by atoms with Gasteiger partial charge in [-0.05, 0) is 32.4 Å². The summed E-state index contributed by atoms with van der Waals surface area (Å²) in [5.74, 6) is 0.646. The maximum absolute atomic E-state index is 12.1. The first-order valence-corrected chi connectivity index (χ1v) is 8.35. The van der Waals surface area contributed by atoms with Gasteiger partial charge in [-0.2, -0.15) is 0 Å². The van der Waals surface area contributed by atoms with Crippen molar-refractivity contribution in [2.75, 3.05) is 31.1 Å². The number of ether oxygens (including phenoxy) is 1. The van der Waals surface area contributed by atoms with Crippen LogP contribution in [0.1, 0.15) is 37.6 Å². The molecule has 0 bridgehead atoms. The standard InChI is InChI=1S/C17H26N4O3/c1-12-10-21(11-13(2)24-12)16-6-5-15(9-20-16)17(23)19-8-4-7-18-14(3)22/h5-6,9,12-13H,4,7-8,10-11H2,1-3H3,(H,18,22)(H,19,23)/t12-,13+. The van der Waals surface area contributed by atoms with Gasteiger partial charge in [0.2, 0.25) is 5.91 Å². The number of nitrogens with zero attached hydrogens (tertiary/aromatic N) is 2. The number of carbonyl (C=O) groups excluding carboxylic acids is 2. The third kappa shape index (κ3) is 5.49. The van der Waals surface area contributed by atoms with Gasteiger partial charge in [0, 0.05) is 39.3 Å². The molecule has 1 aliphatic heterocycles. The van der Waals surface area contributed by atoms with E-state index in [9.17, 15) is 9.59 Å². The molecule has 2 amide bonds. The highest BCUT2D eigenvalue weighted by Crippen LogP contribution is 2.18. The van der Waals surface area contributed by atoms with Crippen molar-refractivity contribution in [2.45, 2.75) is 39.4 Å². The number of pyridine rings is 1. The van der Waals surface area contributed by atoms with Gasteiger partial charge >= 0.3 is 0 Å². The molecule has 0 radical (unpaired) electrons. The number of rotatable bonds is 6. The quantitative estimate of drug-likeness (QED) is 0.757. The van der Waals surface area contributed by atoms with Crippen LogP contribution in [0, 0.1) is 0 Å². The number of hydrogen-bond acceptors (Lipinski definition) is 5. The second-order valence-electron chi connectivity index (χ2n) is 6.16. The molecule has 2 atom stereocenters. The van der Waals surface area contributed by atoms with Gasteiger partial charge in [-0.15, -0.1) is 0 Å². The maximum atomic E-state index is 12.1. The van der Waals surface area contributed by atoms with Crippen LogP contribution in [0.4, 0.5) is 5.82 Å². The number of morpholine rings is 1. The normalized spacial score (nSPS) is 20.5. The Morgan fingerprint density at radius 3 is 2.46 bits per heavy atom. The third-order valence-electron chi connectivity index (χ3n) is 3.77. The van der Waals surface area contributed by atoms with Crippen LogP contribution in [0.25, 0.3) is 0 Å². The first-order chi connectivity index (χ1) is 11.5. The molecule has 1 aliphatic rings. The van der Waals surface area contributed by atoms with E-state index in [0.717, 1.165) is 18.9 Å². The van der Waals surface area contributed by atoms with E-state index in [1.54, 1.807) is 12.3 Å². The van der Waals surface area contributed by atoms with E-state index in [0.29, 0.717) is 25.1 Å². The summed E-state index contributed by atoms with van der Waals surface area (Å²) in [4.78, 5) is 29.4. The van der Waals surface area contributed by atoms with Crippen molar-refractivity contribution in [3.8, 4) is 0 Å². The van der Waals surface area contributed by atoms with Crippen molar-refractivity contribution in [3.63, 3.8) is 0 Å². The molecule has 7 heteroatoms. The Bertz CT molecular complexity index is 551. The summed E-state index contributed by atoms with van der Waals surface area (Å²) >= 11 is 0. The molecule has 0 unspecified atom stereocenters. The van der Waals surface area contributed by atoms with E-state index in [1.807, 2.05) is 19.9 Å². The van der Waals surface area contributed by atoms with Gasteiger partial charge in [-0.25, -0.2) is 4.98 Å². The highest BCUT2D eigenvalue weighted by Gasteiger charge is 2.23. The fourth-order valence-electron chi connectivity index (χ4n) is 2.73. The van der Waals surface area contributed by atoms with E-state index in [4.69, 9.17) is 4.74 Å². The molecule has 1 fully saturated rings. The van der Waals surface area contributed by atoms with Crippen molar-refractivity contribution in [1.82, 2.24) is 15.6 Å². The summed E-state index contributed by atoms with van der Waals surface area (Å²) in [5, 5.41) is 5.51. The summed E-state index contributed by atoms with van der Waals surface area (Å²) in [6, 6.07) is 3.66. The first-order valence-electron chi connectivity index (χ1n) is 8.35. The summed E-state index contributed by atoms with van der Waals surface area (Å²) < 4.78 is 5.72. The van der Waals surface area contributed by atoms with Gasteiger partial charge < -0.3 is 20.3 Å². The monoisotopic (exact) mass is 334 g/mol. The van der Waals surface area contributed by atoms with Crippen LogP contribution in [-0.4, -0.2) is 55.2 Å². The average molecular weight is 334 g/mol. The lowest BCUT2D eigenvalue weighted by molar-refractivity contribution is -0.118. The lowest BCUT2D eigenvalue weighted by atomic mass is 10.2. The van der Waals surface area contributed by atoms with Gasteiger partial charge in [0.25, 0.3) is 5.91 Å². The molecule has 1 saturated heterocycles.